The van der Waals surface area contributed by atoms with Gasteiger partial charge in [0.15, 0.2) is 0 Å². The van der Waals surface area contributed by atoms with E-state index in [4.69, 9.17) is 5.73 Å². The third kappa shape index (κ3) is 4.44. The van der Waals surface area contributed by atoms with Gasteiger partial charge in [0.2, 0.25) is 5.95 Å². The maximum absolute atomic E-state index is 5.94. The molecule has 1 aromatic rings. The number of anilines is 1. The first-order valence-electron chi connectivity index (χ1n) is 7.29. The van der Waals surface area contributed by atoms with Crippen molar-refractivity contribution < 1.29 is 0 Å². The molecule has 2 rings (SSSR count). The van der Waals surface area contributed by atoms with Crippen LogP contribution in [0.5, 0.6) is 0 Å². The maximum atomic E-state index is 5.94. The number of hydrogen-bond donors (Lipinski definition) is 1. The third-order valence-electron chi connectivity index (χ3n) is 3.78. The van der Waals surface area contributed by atoms with E-state index in [2.05, 4.69) is 26.7 Å². The zero-order valence-electron chi connectivity index (χ0n) is 11.8. The largest absolute Gasteiger partial charge is 0.338 e. The lowest BCUT2D eigenvalue weighted by Crippen LogP contribution is -2.47. The van der Waals surface area contributed by atoms with Crippen molar-refractivity contribution in [3.63, 3.8) is 0 Å². The molecule has 2 heterocycles. The van der Waals surface area contributed by atoms with E-state index < -0.39 is 0 Å². The van der Waals surface area contributed by atoms with Crippen LogP contribution in [-0.4, -0.2) is 53.6 Å². The summed E-state index contributed by atoms with van der Waals surface area (Å²) in [4.78, 5) is 13.4. The first kappa shape index (κ1) is 14.2. The van der Waals surface area contributed by atoms with Crippen LogP contribution >= 0.6 is 0 Å². The molecule has 1 unspecified atom stereocenters. The van der Waals surface area contributed by atoms with Crippen molar-refractivity contribution in [3.05, 3.63) is 18.5 Å². The van der Waals surface area contributed by atoms with Crippen LogP contribution < -0.4 is 10.6 Å². The summed E-state index contributed by atoms with van der Waals surface area (Å²) in [5, 5.41) is 0. The minimum absolute atomic E-state index is 0.374. The smallest absolute Gasteiger partial charge is 0.225 e. The number of hydrogen-bond acceptors (Lipinski definition) is 5. The van der Waals surface area contributed by atoms with E-state index in [1.54, 1.807) is 12.4 Å². The maximum Gasteiger partial charge on any atom is 0.225 e. The van der Waals surface area contributed by atoms with Crippen LogP contribution in [0.25, 0.3) is 0 Å². The lowest BCUT2D eigenvalue weighted by atomic mass is 10.1. The second-order valence-electron chi connectivity index (χ2n) is 5.19. The Morgan fingerprint density at radius 1 is 1.21 bits per heavy atom. The molecule has 5 heteroatoms. The molecule has 0 bridgehead atoms. The van der Waals surface area contributed by atoms with E-state index in [9.17, 15) is 0 Å². The lowest BCUT2D eigenvalue weighted by Gasteiger charge is -2.34. The van der Waals surface area contributed by atoms with Gasteiger partial charge < -0.3 is 10.6 Å². The van der Waals surface area contributed by atoms with Crippen molar-refractivity contribution >= 4 is 5.95 Å². The molecule has 1 aliphatic heterocycles. The second kappa shape index (κ2) is 7.40. The van der Waals surface area contributed by atoms with Gasteiger partial charge in [0, 0.05) is 44.6 Å². The Kier molecular flexibility index (Phi) is 5.54. The number of piperazine rings is 1. The lowest BCUT2D eigenvalue weighted by molar-refractivity contribution is 0.249. The summed E-state index contributed by atoms with van der Waals surface area (Å²) < 4.78 is 0. The third-order valence-corrected chi connectivity index (χ3v) is 3.78. The molecule has 106 valence electrons. The Labute approximate surface area is 115 Å². The standard InChI is InChI=1S/C14H25N5/c1-2-13(15)5-3-8-18-9-11-19(12-10-18)14-16-6-4-7-17-14/h4,6-7,13H,2-3,5,8-12,15H2,1H3. The van der Waals surface area contributed by atoms with Gasteiger partial charge in [0.1, 0.15) is 0 Å². The second-order valence-corrected chi connectivity index (χ2v) is 5.19. The minimum atomic E-state index is 0.374. The predicted molar refractivity (Wildman–Crippen MR) is 78.2 cm³/mol. The van der Waals surface area contributed by atoms with E-state index >= 15 is 0 Å². The highest BCUT2D eigenvalue weighted by atomic mass is 15.3. The normalized spacial score (nSPS) is 18.5. The Morgan fingerprint density at radius 2 is 1.89 bits per heavy atom. The molecule has 1 saturated heterocycles. The van der Waals surface area contributed by atoms with Crippen molar-refractivity contribution in [3.8, 4) is 0 Å². The van der Waals surface area contributed by atoms with Crippen LogP contribution in [-0.2, 0) is 0 Å². The van der Waals surface area contributed by atoms with Gasteiger partial charge in [-0.15, -0.1) is 0 Å². The molecule has 1 aromatic heterocycles. The predicted octanol–water partition coefficient (Wildman–Crippen LogP) is 1.12. The minimum Gasteiger partial charge on any atom is -0.338 e. The van der Waals surface area contributed by atoms with Crippen LogP contribution in [0.1, 0.15) is 26.2 Å². The fourth-order valence-electron chi connectivity index (χ4n) is 2.41. The van der Waals surface area contributed by atoms with Crippen molar-refractivity contribution in [2.24, 2.45) is 5.73 Å². The van der Waals surface area contributed by atoms with Crippen LogP contribution in [0.4, 0.5) is 5.95 Å². The summed E-state index contributed by atoms with van der Waals surface area (Å²) in [5.41, 5.74) is 5.94. The summed E-state index contributed by atoms with van der Waals surface area (Å²) in [5.74, 6) is 0.857. The van der Waals surface area contributed by atoms with Crippen molar-refractivity contribution in [1.82, 2.24) is 14.9 Å². The van der Waals surface area contributed by atoms with E-state index in [1.807, 2.05) is 6.07 Å². The SMILES string of the molecule is CCC(N)CCCN1CCN(c2ncccn2)CC1. The van der Waals surface area contributed by atoms with Crippen molar-refractivity contribution in [1.29, 1.82) is 0 Å². The quantitative estimate of drug-likeness (QED) is 0.833. The average molecular weight is 263 g/mol. The molecule has 0 aromatic carbocycles. The molecule has 1 atom stereocenters. The van der Waals surface area contributed by atoms with Gasteiger partial charge in [0.25, 0.3) is 0 Å². The zero-order valence-corrected chi connectivity index (χ0v) is 11.8. The summed E-state index contributed by atoms with van der Waals surface area (Å²) >= 11 is 0. The van der Waals surface area contributed by atoms with Crippen LogP contribution in [0.15, 0.2) is 18.5 Å². The van der Waals surface area contributed by atoms with Crippen LogP contribution in [0.2, 0.25) is 0 Å². The topological polar surface area (TPSA) is 58.3 Å². The van der Waals surface area contributed by atoms with Gasteiger partial charge in [-0.2, -0.15) is 0 Å². The van der Waals surface area contributed by atoms with Crippen molar-refractivity contribution in [2.45, 2.75) is 32.2 Å². The first-order chi connectivity index (χ1) is 9.29. The summed E-state index contributed by atoms with van der Waals surface area (Å²) in [6.45, 7) is 7.55. The Morgan fingerprint density at radius 3 is 2.53 bits per heavy atom. The van der Waals surface area contributed by atoms with Gasteiger partial charge >= 0.3 is 0 Å². The Balaban J connectivity index is 1.68. The molecule has 19 heavy (non-hydrogen) atoms. The molecule has 1 aliphatic rings. The monoisotopic (exact) mass is 263 g/mol. The van der Waals surface area contributed by atoms with Gasteiger partial charge in [-0.3, -0.25) is 4.90 Å². The molecule has 0 aliphatic carbocycles. The van der Waals surface area contributed by atoms with Gasteiger partial charge in [-0.05, 0) is 31.9 Å². The Bertz CT molecular complexity index is 348. The summed E-state index contributed by atoms with van der Waals surface area (Å²) in [6, 6.07) is 2.23. The molecule has 0 spiro atoms. The number of nitrogens with two attached hydrogens (primary N) is 1. The highest BCUT2D eigenvalue weighted by Gasteiger charge is 2.18. The first-order valence-corrected chi connectivity index (χ1v) is 7.29. The number of rotatable bonds is 6. The van der Waals surface area contributed by atoms with E-state index in [-0.39, 0.29) is 0 Å². The zero-order chi connectivity index (χ0) is 13.5. The molecule has 5 nitrogen and oxygen atoms in total. The number of aromatic nitrogens is 2. The summed E-state index contributed by atoms with van der Waals surface area (Å²) in [6.07, 6.45) is 7.04. The van der Waals surface area contributed by atoms with Crippen molar-refractivity contribution in [2.75, 3.05) is 37.6 Å². The van der Waals surface area contributed by atoms with Crippen LogP contribution in [0.3, 0.4) is 0 Å². The summed E-state index contributed by atoms with van der Waals surface area (Å²) in [7, 11) is 0. The highest BCUT2D eigenvalue weighted by Crippen LogP contribution is 2.10. The highest BCUT2D eigenvalue weighted by molar-refractivity contribution is 5.29. The molecular formula is C14H25N5. The molecule has 1 fully saturated rings. The van der Waals surface area contributed by atoms with E-state index in [0.717, 1.165) is 51.5 Å². The molecule has 0 saturated carbocycles. The molecule has 0 amide bonds. The van der Waals surface area contributed by atoms with Gasteiger partial charge in [-0.25, -0.2) is 9.97 Å². The van der Waals surface area contributed by atoms with Gasteiger partial charge in [-0.1, -0.05) is 6.92 Å². The fraction of sp³-hybridized carbons (Fsp3) is 0.714. The van der Waals surface area contributed by atoms with E-state index in [1.165, 1.54) is 6.42 Å². The molecular weight excluding hydrogens is 238 g/mol. The molecule has 0 radical (unpaired) electrons. The van der Waals surface area contributed by atoms with Crippen LogP contribution in [0, 0.1) is 0 Å². The van der Waals surface area contributed by atoms with E-state index in [0.29, 0.717) is 6.04 Å². The molecule has 2 N–H and O–H groups in total. The average Bonchev–Trinajstić information content (AvgIpc) is 2.48. The number of nitrogens with zero attached hydrogens (tertiary/aromatic N) is 4. The Hall–Kier alpha value is -1.20. The fourth-order valence-corrected chi connectivity index (χ4v) is 2.41. The van der Waals surface area contributed by atoms with Gasteiger partial charge in [0.05, 0.1) is 0 Å².